The molecule has 0 spiro atoms. The van der Waals surface area contributed by atoms with Crippen molar-refractivity contribution < 1.29 is 19.1 Å². The molecule has 1 fully saturated rings. The molecule has 1 saturated heterocycles. The highest BCUT2D eigenvalue weighted by atomic mass is 16.5. The fourth-order valence-corrected chi connectivity index (χ4v) is 2.17. The zero-order valence-corrected chi connectivity index (χ0v) is 11.1. The molecule has 0 unspecified atom stereocenters. The van der Waals surface area contributed by atoms with Crippen LogP contribution in [-0.2, 0) is 19.1 Å². The Balaban J connectivity index is 1.67. The summed E-state index contributed by atoms with van der Waals surface area (Å²) in [4.78, 5) is 30.4. The summed E-state index contributed by atoms with van der Waals surface area (Å²) in [7, 11) is 0. The van der Waals surface area contributed by atoms with Crippen LogP contribution in [0.5, 0.6) is 0 Å². The highest BCUT2D eigenvalue weighted by molar-refractivity contribution is 5.91. The Morgan fingerprint density at radius 1 is 1.42 bits per heavy atom. The Labute approximate surface area is 112 Å². The average Bonchev–Trinajstić information content (AvgIpc) is 2.78. The number of piperazine rings is 1. The predicted octanol–water partition coefficient (Wildman–Crippen LogP) is -0.879. The quantitative estimate of drug-likeness (QED) is 0.604. The Morgan fingerprint density at radius 3 is 2.68 bits per heavy atom. The fraction of sp³-hybridized carbons (Fsp3) is 0.750. The highest BCUT2D eigenvalue weighted by Gasteiger charge is 2.28. The first-order chi connectivity index (χ1) is 9.19. The van der Waals surface area contributed by atoms with Crippen molar-refractivity contribution in [3.8, 4) is 0 Å². The van der Waals surface area contributed by atoms with Gasteiger partial charge in [-0.25, -0.2) is 0 Å². The van der Waals surface area contributed by atoms with Crippen LogP contribution in [0.1, 0.15) is 6.92 Å². The number of amides is 1. The SMILES string of the molecule is CCOC(=O)CN1CCN(C[C@@H]2OC=NC2=O)CC1. The van der Waals surface area contributed by atoms with Crippen LogP contribution < -0.4 is 0 Å². The first-order valence-electron chi connectivity index (χ1n) is 6.51. The van der Waals surface area contributed by atoms with Gasteiger partial charge in [0.1, 0.15) is 0 Å². The molecule has 2 aliphatic heterocycles. The molecule has 106 valence electrons. The lowest BCUT2D eigenvalue weighted by atomic mass is 10.2. The van der Waals surface area contributed by atoms with E-state index in [1.807, 2.05) is 0 Å². The number of aliphatic imine (C=N–C) groups is 1. The summed E-state index contributed by atoms with van der Waals surface area (Å²) in [6, 6.07) is 0. The molecule has 19 heavy (non-hydrogen) atoms. The van der Waals surface area contributed by atoms with Gasteiger partial charge >= 0.3 is 5.97 Å². The molecule has 2 heterocycles. The van der Waals surface area contributed by atoms with Crippen LogP contribution in [0.15, 0.2) is 4.99 Å². The van der Waals surface area contributed by atoms with Gasteiger partial charge in [-0.3, -0.25) is 19.4 Å². The lowest BCUT2D eigenvalue weighted by molar-refractivity contribution is -0.144. The third-order valence-electron chi connectivity index (χ3n) is 3.23. The van der Waals surface area contributed by atoms with E-state index >= 15 is 0 Å². The van der Waals surface area contributed by atoms with Gasteiger partial charge < -0.3 is 9.47 Å². The van der Waals surface area contributed by atoms with Gasteiger partial charge in [0, 0.05) is 32.7 Å². The number of esters is 1. The number of carbonyl (C=O) groups excluding carboxylic acids is 2. The number of nitrogens with zero attached hydrogens (tertiary/aromatic N) is 3. The summed E-state index contributed by atoms with van der Waals surface area (Å²) in [6.45, 7) is 6.33. The highest BCUT2D eigenvalue weighted by Crippen LogP contribution is 2.07. The monoisotopic (exact) mass is 269 g/mol. The van der Waals surface area contributed by atoms with E-state index in [0.717, 1.165) is 26.2 Å². The van der Waals surface area contributed by atoms with Gasteiger partial charge in [0.05, 0.1) is 13.2 Å². The van der Waals surface area contributed by atoms with E-state index in [9.17, 15) is 9.59 Å². The van der Waals surface area contributed by atoms with Crippen molar-refractivity contribution in [1.82, 2.24) is 9.80 Å². The van der Waals surface area contributed by atoms with Gasteiger partial charge in [-0.05, 0) is 6.92 Å². The molecule has 0 aliphatic carbocycles. The van der Waals surface area contributed by atoms with Crippen molar-refractivity contribution in [1.29, 1.82) is 0 Å². The third-order valence-corrected chi connectivity index (χ3v) is 3.23. The Morgan fingerprint density at radius 2 is 2.11 bits per heavy atom. The molecule has 0 saturated carbocycles. The van der Waals surface area contributed by atoms with Gasteiger partial charge in [-0.1, -0.05) is 0 Å². The molecule has 7 heteroatoms. The summed E-state index contributed by atoms with van der Waals surface area (Å²) >= 11 is 0. The van der Waals surface area contributed by atoms with Crippen LogP contribution in [0.25, 0.3) is 0 Å². The van der Waals surface area contributed by atoms with Crippen LogP contribution in [0, 0.1) is 0 Å². The minimum absolute atomic E-state index is 0.182. The summed E-state index contributed by atoms with van der Waals surface area (Å²) in [5, 5.41) is 0. The predicted molar refractivity (Wildman–Crippen MR) is 67.9 cm³/mol. The van der Waals surface area contributed by atoms with Crippen molar-refractivity contribution in [2.45, 2.75) is 13.0 Å². The zero-order valence-electron chi connectivity index (χ0n) is 11.1. The summed E-state index contributed by atoms with van der Waals surface area (Å²) in [6.07, 6.45) is 0.751. The topological polar surface area (TPSA) is 71.4 Å². The van der Waals surface area contributed by atoms with Crippen LogP contribution in [0.2, 0.25) is 0 Å². The van der Waals surface area contributed by atoms with Crippen molar-refractivity contribution >= 4 is 18.3 Å². The summed E-state index contributed by atoms with van der Waals surface area (Å²) in [5.74, 6) is -0.396. The van der Waals surface area contributed by atoms with Gasteiger partial charge in [-0.2, -0.15) is 4.99 Å². The van der Waals surface area contributed by atoms with Crippen molar-refractivity contribution in [3.63, 3.8) is 0 Å². The molecule has 1 amide bonds. The second-order valence-electron chi connectivity index (χ2n) is 4.58. The van der Waals surface area contributed by atoms with E-state index in [-0.39, 0.29) is 11.9 Å². The zero-order chi connectivity index (χ0) is 13.7. The molecular formula is C12H19N3O4. The number of rotatable bonds is 5. The molecule has 2 rings (SSSR count). The molecule has 0 bridgehead atoms. The van der Waals surface area contributed by atoms with Gasteiger partial charge in [-0.15, -0.1) is 0 Å². The maximum atomic E-state index is 11.4. The van der Waals surface area contributed by atoms with Crippen LogP contribution in [0.3, 0.4) is 0 Å². The molecule has 0 aromatic rings. The van der Waals surface area contributed by atoms with E-state index in [4.69, 9.17) is 9.47 Å². The number of hydrogen-bond donors (Lipinski definition) is 0. The Bertz CT molecular complexity index is 364. The second-order valence-corrected chi connectivity index (χ2v) is 4.58. The van der Waals surface area contributed by atoms with E-state index in [1.165, 1.54) is 6.40 Å². The van der Waals surface area contributed by atoms with Crippen molar-refractivity contribution in [2.24, 2.45) is 4.99 Å². The van der Waals surface area contributed by atoms with Gasteiger partial charge in [0.2, 0.25) is 0 Å². The molecule has 7 nitrogen and oxygen atoms in total. The Hall–Kier alpha value is -1.47. The van der Waals surface area contributed by atoms with Crippen LogP contribution in [-0.4, -0.2) is 80.1 Å². The normalized spacial score (nSPS) is 24.5. The van der Waals surface area contributed by atoms with Crippen LogP contribution in [0.4, 0.5) is 0 Å². The molecule has 0 aromatic heterocycles. The maximum absolute atomic E-state index is 11.4. The lowest BCUT2D eigenvalue weighted by Gasteiger charge is -2.34. The smallest absolute Gasteiger partial charge is 0.320 e. The molecule has 0 N–H and O–H groups in total. The fourth-order valence-electron chi connectivity index (χ4n) is 2.17. The minimum Gasteiger partial charge on any atom is -0.469 e. The van der Waals surface area contributed by atoms with E-state index in [0.29, 0.717) is 19.7 Å². The summed E-state index contributed by atoms with van der Waals surface area (Å²) < 4.78 is 10.0. The third kappa shape index (κ3) is 4.00. The second kappa shape index (κ2) is 6.63. The largest absolute Gasteiger partial charge is 0.469 e. The first kappa shape index (κ1) is 14.0. The first-order valence-corrected chi connectivity index (χ1v) is 6.51. The van der Waals surface area contributed by atoms with Gasteiger partial charge in [0.25, 0.3) is 5.91 Å². The van der Waals surface area contributed by atoms with E-state index in [1.54, 1.807) is 6.92 Å². The maximum Gasteiger partial charge on any atom is 0.320 e. The lowest BCUT2D eigenvalue weighted by Crippen LogP contribution is -2.50. The van der Waals surface area contributed by atoms with Crippen LogP contribution >= 0.6 is 0 Å². The number of ether oxygens (including phenoxy) is 2. The molecular weight excluding hydrogens is 250 g/mol. The van der Waals surface area contributed by atoms with Crippen molar-refractivity contribution in [3.05, 3.63) is 0 Å². The standard InChI is InChI=1S/C12H19N3O4/c1-2-18-11(16)8-15-5-3-14(4-6-15)7-10-12(17)13-9-19-10/h9-10H,2-8H2,1H3/t10-/m0/s1. The number of hydrogen-bond acceptors (Lipinski definition) is 6. The molecule has 2 aliphatic rings. The number of carbonyl (C=O) groups is 2. The molecule has 1 atom stereocenters. The summed E-state index contributed by atoms with van der Waals surface area (Å²) in [5.41, 5.74) is 0. The molecule has 0 aromatic carbocycles. The van der Waals surface area contributed by atoms with E-state index < -0.39 is 6.10 Å². The molecule has 0 radical (unpaired) electrons. The van der Waals surface area contributed by atoms with Gasteiger partial charge in [0.15, 0.2) is 12.5 Å². The minimum atomic E-state index is -0.461. The van der Waals surface area contributed by atoms with E-state index in [2.05, 4.69) is 14.8 Å². The average molecular weight is 269 g/mol. The Kier molecular flexibility index (Phi) is 4.86. The van der Waals surface area contributed by atoms with Crippen molar-refractivity contribution in [2.75, 3.05) is 45.9 Å².